The Morgan fingerprint density at radius 1 is 1.00 bits per heavy atom. The molecule has 0 spiro atoms. The Bertz CT molecular complexity index is 118. The Kier molecular flexibility index (Phi) is 8.04. The van der Waals surface area contributed by atoms with Crippen LogP contribution in [0.3, 0.4) is 0 Å². The maximum atomic E-state index is 9.01. The smallest absolute Gasteiger partial charge is 0.0784 e. The number of aliphatic hydroxyl groups is 2. The Labute approximate surface area is 94.0 Å². The Hall–Kier alpha value is 1.11. The van der Waals surface area contributed by atoms with E-state index in [2.05, 4.69) is 0 Å². The van der Waals surface area contributed by atoms with Crippen molar-refractivity contribution in [3.05, 3.63) is 11.5 Å². The predicted molar refractivity (Wildman–Crippen MR) is 49.2 cm³/mol. The van der Waals surface area contributed by atoms with Crippen molar-refractivity contribution in [1.29, 1.82) is 0 Å². The van der Waals surface area contributed by atoms with Crippen LogP contribution >= 0.6 is 18.8 Å². The Morgan fingerprint density at radius 2 is 1.23 bits per heavy atom. The molecule has 0 heterocycles. The molecule has 1 saturated carbocycles. The van der Waals surface area contributed by atoms with Crippen LogP contribution in [-0.4, -0.2) is 34.5 Å². The van der Waals surface area contributed by atoms with E-state index >= 15 is 0 Å². The van der Waals surface area contributed by atoms with Crippen molar-refractivity contribution in [2.45, 2.75) is 37.1 Å². The molecule has 82 valence electrons. The van der Waals surface area contributed by atoms with Crippen molar-refractivity contribution in [1.82, 2.24) is 0 Å². The molecule has 4 atom stereocenters. The summed E-state index contributed by atoms with van der Waals surface area (Å²) < 4.78 is 0. The van der Waals surface area contributed by atoms with Gasteiger partial charge in [0.2, 0.25) is 0 Å². The van der Waals surface area contributed by atoms with Gasteiger partial charge in [-0.3, -0.25) is 0 Å². The summed E-state index contributed by atoms with van der Waals surface area (Å²) in [7, 11) is 9.75. The van der Waals surface area contributed by atoms with Crippen LogP contribution in [0.4, 0.5) is 0 Å². The molecular weight excluding hydrogens is 398 g/mol. The van der Waals surface area contributed by atoms with Gasteiger partial charge in [-0.15, -0.1) is 0 Å². The molecule has 7 heteroatoms. The van der Waals surface area contributed by atoms with Crippen LogP contribution in [0.25, 0.3) is 11.5 Å². The number of halogens is 2. The van der Waals surface area contributed by atoms with Crippen molar-refractivity contribution in [2.75, 3.05) is 0 Å². The summed E-state index contributed by atoms with van der Waals surface area (Å²) in [6.45, 7) is 0. The van der Waals surface area contributed by atoms with Gasteiger partial charge in [0.05, 0.1) is 12.2 Å². The fraction of sp³-hybridized carbons (Fsp3) is 1.00. The van der Waals surface area contributed by atoms with Gasteiger partial charge in [-0.2, -0.15) is 12.1 Å². The molecule has 13 heavy (non-hydrogen) atoms. The topological polar surface area (TPSA) is 88.1 Å². The minimum absolute atomic E-state index is 0.231. The van der Waals surface area contributed by atoms with Crippen LogP contribution in [0.5, 0.6) is 0 Å². The van der Waals surface area contributed by atoms with E-state index in [0.29, 0.717) is 0 Å². The third-order valence-electron chi connectivity index (χ3n) is 1.92. The predicted octanol–water partition coefficient (Wildman–Crippen LogP) is 1.72. The molecule has 1 rings (SSSR count). The maximum Gasteiger partial charge on any atom is 0.0784 e. The second-order valence-electron chi connectivity index (χ2n) is 2.86. The minimum atomic E-state index is -0.788. The van der Waals surface area contributed by atoms with Crippen molar-refractivity contribution >= 4 is 18.8 Å². The zero-order chi connectivity index (χ0) is 10.4. The first kappa shape index (κ1) is 14.1. The van der Waals surface area contributed by atoms with Gasteiger partial charge in [0.15, 0.2) is 0 Å². The fourth-order valence-electron chi connectivity index (χ4n) is 1.16. The van der Waals surface area contributed by atoms with E-state index < -0.39 is 40.8 Å². The average Bonchev–Trinajstić information content (AvgIpc) is 2.03. The van der Waals surface area contributed by atoms with Crippen LogP contribution in [-0.2, 0) is 16.5 Å². The first-order chi connectivity index (χ1) is 6.02. The van der Waals surface area contributed by atoms with E-state index in [4.69, 9.17) is 40.5 Å². The first-order valence-corrected chi connectivity index (χ1v) is 9.26. The van der Waals surface area contributed by atoms with Crippen LogP contribution in [0, 0.1) is 0 Å². The standard InChI is InChI=1S/C6H12N2O2.2ClH.Pt/c7-3-1-5(9)6(10)2-4(3)8;;;/h3-10H,1-2H2;2*1H;/q-2;;;+4/p-2. The normalized spacial score (nSPS) is 39.5. The summed E-state index contributed by atoms with van der Waals surface area (Å²) in [6.07, 6.45) is -1.11. The molecule has 0 aliphatic heterocycles. The molecule has 4 unspecified atom stereocenters. The quantitative estimate of drug-likeness (QED) is 0.637. The van der Waals surface area contributed by atoms with Crippen LogP contribution in [0.15, 0.2) is 0 Å². The third-order valence-corrected chi connectivity index (χ3v) is 1.92. The summed E-state index contributed by atoms with van der Waals surface area (Å²) >= 11 is -0.472. The van der Waals surface area contributed by atoms with Crippen LogP contribution in [0.2, 0.25) is 0 Å². The van der Waals surface area contributed by atoms with Gasteiger partial charge < -0.3 is 21.7 Å². The summed E-state index contributed by atoms with van der Waals surface area (Å²) in [5.74, 6) is 0. The van der Waals surface area contributed by atoms with E-state index in [-0.39, 0.29) is 12.8 Å². The number of nitrogens with one attached hydrogen (secondary N) is 2. The summed E-state index contributed by atoms with van der Waals surface area (Å²) in [6, 6.07) is -1.06. The average molecular weight is 410 g/mol. The van der Waals surface area contributed by atoms with E-state index in [1.807, 2.05) is 0 Å². The van der Waals surface area contributed by atoms with Gasteiger partial charge >= 0.3 is 35.3 Å². The summed E-state index contributed by atoms with van der Waals surface area (Å²) in [5.41, 5.74) is 14.5. The second kappa shape index (κ2) is 7.41. The number of rotatable bonds is 0. The molecule has 0 bridgehead atoms. The van der Waals surface area contributed by atoms with E-state index in [1.54, 1.807) is 0 Å². The molecule has 4 nitrogen and oxygen atoms in total. The van der Waals surface area contributed by atoms with Gasteiger partial charge in [-0.1, -0.05) is 0 Å². The van der Waals surface area contributed by atoms with Crippen LogP contribution in [0.1, 0.15) is 12.8 Å². The molecule has 0 saturated heterocycles. The van der Waals surface area contributed by atoms with Gasteiger partial charge in [-0.05, 0) is 12.8 Å². The zero-order valence-electron chi connectivity index (χ0n) is 6.69. The Balaban J connectivity index is 0.000000424. The molecular formula is C6H12Cl2N2O2Pt. The number of hydrogen-bond acceptors (Lipinski definition) is 2. The summed E-state index contributed by atoms with van der Waals surface area (Å²) in [4.78, 5) is 0. The van der Waals surface area contributed by atoms with E-state index in [1.165, 1.54) is 0 Å². The van der Waals surface area contributed by atoms with Crippen molar-refractivity contribution in [3.8, 4) is 0 Å². The van der Waals surface area contributed by atoms with Crippen molar-refractivity contribution < 1.29 is 26.7 Å². The maximum absolute atomic E-state index is 9.01. The molecule has 0 aromatic carbocycles. The molecule has 4 N–H and O–H groups in total. The molecule has 0 aromatic heterocycles. The fourth-order valence-corrected chi connectivity index (χ4v) is 1.16. The monoisotopic (exact) mass is 409 g/mol. The molecule has 1 aliphatic rings. The number of hydrogen-bond donors (Lipinski definition) is 2. The van der Waals surface area contributed by atoms with Crippen molar-refractivity contribution in [3.63, 3.8) is 0 Å². The zero-order valence-corrected chi connectivity index (χ0v) is 10.5. The van der Waals surface area contributed by atoms with Crippen molar-refractivity contribution in [2.24, 2.45) is 0 Å². The molecule has 0 aromatic rings. The SMILES string of the molecule is [Cl][Pt+2][Cl].[NH-]C1CC(O)C(O)CC1[NH-]. The first-order valence-electron chi connectivity index (χ1n) is 3.63. The molecule has 1 aliphatic carbocycles. The third kappa shape index (κ3) is 5.53. The minimum Gasteiger partial charge on any atom is -0.676 e. The molecule has 0 amide bonds. The number of aliphatic hydroxyl groups excluding tert-OH is 2. The Morgan fingerprint density at radius 3 is 1.46 bits per heavy atom. The van der Waals surface area contributed by atoms with Gasteiger partial charge in [-0.25, -0.2) is 0 Å². The summed E-state index contributed by atoms with van der Waals surface area (Å²) in [5, 5.41) is 18.0. The van der Waals surface area contributed by atoms with Gasteiger partial charge in [0, 0.05) is 0 Å². The molecule has 1 fully saturated rings. The van der Waals surface area contributed by atoms with E-state index in [0.717, 1.165) is 0 Å². The molecule has 0 radical (unpaired) electrons. The second-order valence-corrected chi connectivity index (χ2v) is 6.15. The largest absolute Gasteiger partial charge is 0.676 e. The van der Waals surface area contributed by atoms with Gasteiger partial charge in [0.1, 0.15) is 0 Å². The van der Waals surface area contributed by atoms with Crippen LogP contribution < -0.4 is 0 Å². The van der Waals surface area contributed by atoms with E-state index in [9.17, 15) is 0 Å². The van der Waals surface area contributed by atoms with Gasteiger partial charge in [0.25, 0.3) is 0 Å².